The van der Waals surface area contributed by atoms with E-state index < -0.39 is 0 Å². The molecule has 0 saturated carbocycles. The number of ether oxygens (including phenoxy) is 1. The van der Waals surface area contributed by atoms with Gasteiger partial charge in [-0.1, -0.05) is 0 Å². The van der Waals surface area contributed by atoms with Crippen molar-refractivity contribution in [2.75, 3.05) is 19.8 Å². The summed E-state index contributed by atoms with van der Waals surface area (Å²) < 4.78 is 5.31. The maximum absolute atomic E-state index is 11.7. The zero-order chi connectivity index (χ0) is 12.1. The Kier molecular flexibility index (Phi) is 4.53. The van der Waals surface area contributed by atoms with Gasteiger partial charge in [0.25, 0.3) is 0 Å². The second-order valence-electron chi connectivity index (χ2n) is 4.29. The Balaban J connectivity index is 1.72. The summed E-state index contributed by atoms with van der Waals surface area (Å²) in [6.45, 7) is 4.90. The molecule has 17 heavy (non-hydrogen) atoms. The lowest BCUT2D eigenvalue weighted by atomic mass is 10.2. The van der Waals surface area contributed by atoms with E-state index in [2.05, 4.69) is 28.3 Å². The fraction of sp³-hybridized carbons (Fsp3) is 0.583. The first-order valence-corrected chi connectivity index (χ1v) is 6.79. The monoisotopic (exact) mass is 254 g/mol. The molecule has 1 atom stereocenters. The summed E-state index contributed by atoms with van der Waals surface area (Å²) in [5.41, 5.74) is 2.45. The molecule has 0 aromatic carbocycles. The summed E-state index contributed by atoms with van der Waals surface area (Å²) in [6.07, 6.45) is 0.489. The third kappa shape index (κ3) is 3.80. The number of carbonyl (C=O) groups is 1. The fourth-order valence-electron chi connectivity index (χ4n) is 1.81. The zero-order valence-corrected chi connectivity index (χ0v) is 10.8. The molecule has 0 radical (unpaired) electrons. The molecule has 94 valence electrons. The van der Waals surface area contributed by atoms with Gasteiger partial charge >= 0.3 is 0 Å². The maximum Gasteiger partial charge on any atom is 0.221 e. The lowest BCUT2D eigenvalue weighted by Crippen LogP contribution is -2.44. The van der Waals surface area contributed by atoms with Crippen LogP contribution in [0, 0.1) is 6.92 Å². The van der Waals surface area contributed by atoms with E-state index >= 15 is 0 Å². The van der Waals surface area contributed by atoms with Gasteiger partial charge in [-0.05, 0) is 28.8 Å². The number of carbonyl (C=O) groups excluding carboxylic acids is 1. The highest BCUT2D eigenvalue weighted by Gasteiger charge is 2.16. The van der Waals surface area contributed by atoms with Crippen molar-refractivity contribution in [2.24, 2.45) is 0 Å². The van der Waals surface area contributed by atoms with Gasteiger partial charge in [0.1, 0.15) is 0 Å². The van der Waals surface area contributed by atoms with Crippen molar-refractivity contribution >= 4 is 17.2 Å². The summed E-state index contributed by atoms with van der Waals surface area (Å²) in [6, 6.07) is 0.160. The molecule has 2 heterocycles. The Morgan fingerprint density at radius 3 is 3.18 bits per heavy atom. The van der Waals surface area contributed by atoms with Crippen LogP contribution in [0.5, 0.6) is 0 Å². The summed E-state index contributed by atoms with van der Waals surface area (Å²) in [7, 11) is 0. The topological polar surface area (TPSA) is 50.4 Å². The van der Waals surface area contributed by atoms with Crippen molar-refractivity contribution in [1.29, 1.82) is 0 Å². The van der Waals surface area contributed by atoms with E-state index in [0.29, 0.717) is 19.6 Å². The Hall–Kier alpha value is -0.910. The van der Waals surface area contributed by atoms with Crippen LogP contribution in [0.25, 0.3) is 0 Å². The standard InChI is InChI=1S/C12H18N2O2S/c1-9-7-17-8-10(9)5-14-12(15)4-11-6-16-3-2-13-11/h7-8,11,13H,2-6H2,1H3,(H,14,15). The second-order valence-corrected chi connectivity index (χ2v) is 5.03. The minimum absolute atomic E-state index is 0.0820. The molecular weight excluding hydrogens is 236 g/mol. The third-order valence-electron chi connectivity index (χ3n) is 2.87. The summed E-state index contributed by atoms with van der Waals surface area (Å²) in [5.74, 6) is 0.0820. The number of amides is 1. The van der Waals surface area contributed by atoms with Gasteiger partial charge in [0.15, 0.2) is 0 Å². The summed E-state index contributed by atoms with van der Waals surface area (Å²) in [4.78, 5) is 11.7. The van der Waals surface area contributed by atoms with Crippen LogP contribution in [0.3, 0.4) is 0 Å². The van der Waals surface area contributed by atoms with E-state index in [4.69, 9.17) is 4.74 Å². The number of aryl methyl sites for hydroxylation is 1. The Morgan fingerprint density at radius 2 is 2.53 bits per heavy atom. The van der Waals surface area contributed by atoms with E-state index in [0.717, 1.165) is 13.2 Å². The lowest BCUT2D eigenvalue weighted by molar-refractivity contribution is -0.122. The quantitative estimate of drug-likeness (QED) is 0.844. The predicted molar refractivity (Wildman–Crippen MR) is 68.1 cm³/mol. The van der Waals surface area contributed by atoms with Crippen molar-refractivity contribution in [3.05, 3.63) is 21.9 Å². The molecule has 0 aliphatic carbocycles. The van der Waals surface area contributed by atoms with Crippen molar-refractivity contribution in [3.8, 4) is 0 Å². The number of nitrogens with one attached hydrogen (secondary N) is 2. The van der Waals surface area contributed by atoms with Crippen molar-refractivity contribution in [2.45, 2.75) is 25.9 Å². The SMILES string of the molecule is Cc1cscc1CNC(=O)CC1COCCN1. The van der Waals surface area contributed by atoms with Gasteiger partial charge in [-0.15, -0.1) is 0 Å². The number of hydrogen-bond donors (Lipinski definition) is 2. The molecule has 1 aromatic heterocycles. The van der Waals surface area contributed by atoms with Gasteiger partial charge in [-0.25, -0.2) is 0 Å². The van der Waals surface area contributed by atoms with Crippen LogP contribution in [0.2, 0.25) is 0 Å². The van der Waals surface area contributed by atoms with E-state index in [1.165, 1.54) is 11.1 Å². The first kappa shape index (κ1) is 12.5. The molecule has 1 saturated heterocycles. The van der Waals surface area contributed by atoms with Crippen molar-refractivity contribution in [1.82, 2.24) is 10.6 Å². The normalized spacial score (nSPS) is 20.2. The van der Waals surface area contributed by atoms with Crippen LogP contribution in [-0.2, 0) is 16.1 Å². The molecule has 5 heteroatoms. The van der Waals surface area contributed by atoms with E-state index in [9.17, 15) is 4.79 Å². The van der Waals surface area contributed by atoms with E-state index in [1.54, 1.807) is 11.3 Å². The average molecular weight is 254 g/mol. The van der Waals surface area contributed by atoms with Gasteiger partial charge < -0.3 is 15.4 Å². The third-order valence-corrected chi connectivity index (χ3v) is 3.78. The highest BCUT2D eigenvalue weighted by atomic mass is 32.1. The Labute approximate surface area is 105 Å². The first-order valence-electron chi connectivity index (χ1n) is 5.85. The molecular formula is C12H18N2O2S. The molecule has 1 fully saturated rings. The number of hydrogen-bond acceptors (Lipinski definition) is 4. The lowest BCUT2D eigenvalue weighted by Gasteiger charge is -2.23. The molecule has 1 aliphatic rings. The molecule has 2 rings (SSSR count). The average Bonchev–Trinajstić information content (AvgIpc) is 2.74. The smallest absolute Gasteiger partial charge is 0.221 e. The number of thiophene rings is 1. The Morgan fingerprint density at radius 1 is 1.65 bits per heavy atom. The van der Waals surface area contributed by atoms with Crippen LogP contribution in [0.1, 0.15) is 17.5 Å². The Bertz CT molecular complexity index is 372. The molecule has 1 aliphatic heterocycles. The van der Waals surface area contributed by atoms with Crippen molar-refractivity contribution < 1.29 is 9.53 Å². The molecule has 0 bridgehead atoms. The minimum Gasteiger partial charge on any atom is -0.378 e. The van der Waals surface area contributed by atoms with Gasteiger partial charge in [0.05, 0.1) is 13.2 Å². The molecule has 1 unspecified atom stereocenters. The highest BCUT2D eigenvalue weighted by molar-refractivity contribution is 7.08. The van der Waals surface area contributed by atoms with Crippen LogP contribution in [0.15, 0.2) is 10.8 Å². The second kappa shape index (κ2) is 6.14. The van der Waals surface area contributed by atoms with Crippen molar-refractivity contribution in [3.63, 3.8) is 0 Å². The summed E-state index contributed by atoms with van der Waals surface area (Å²) in [5, 5.41) is 10.4. The number of rotatable bonds is 4. The van der Waals surface area contributed by atoms with Gasteiger partial charge in [-0.2, -0.15) is 11.3 Å². The molecule has 1 amide bonds. The van der Waals surface area contributed by atoms with Gasteiger partial charge in [-0.3, -0.25) is 4.79 Å². The van der Waals surface area contributed by atoms with Crippen LogP contribution < -0.4 is 10.6 Å². The summed E-state index contributed by atoms with van der Waals surface area (Å²) >= 11 is 1.67. The van der Waals surface area contributed by atoms with E-state index in [1.807, 2.05) is 0 Å². The van der Waals surface area contributed by atoms with Gasteiger partial charge in [0, 0.05) is 25.6 Å². The predicted octanol–water partition coefficient (Wildman–Crippen LogP) is 1.05. The van der Waals surface area contributed by atoms with Crippen LogP contribution in [-0.4, -0.2) is 31.7 Å². The number of morpholine rings is 1. The van der Waals surface area contributed by atoms with Gasteiger partial charge in [0.2, 0.25) is 5.91 Å². The van der Waals surface area contributed by atoms with E-state index in [-0.39, 0.29) is 11.9 Å². The molecule has 2 N–H and O–H groups in total. The van der Waals surface area contributed by atoms with Crippen LogP contribution in [0.4, 0.5) is 0 Å². The molecule has 1 aromatic rings. The fourth-order valence-corrected chi connectivity index (χ4v) is 2.67. The highest BCUT2D eigenvalue weighted by Crippen LogP contribution is 2.13. The van der Waals surface area contributed by atoms with Crippen LogP contribution >= 0.6 is 11.3 Å². The maximum atomic E-state index is 11.7. The minimum atomic E-state index is 0.0820. The molecule has 4 nitrogen and oxygen atoms in total. The largest absolute Gasteiger partial charge is 0.378 e. The zero-order valence-electron chi connectivity index (χ0n) is 9.99. The molecule has 0 spiro atoms. The first-order chi connectivity index (χ1) is 8.25.